The number of fused-ring (bicyclic) bond motifs is 1. The third-order valence-corrected chi connectivity index (χ3v) is 3.08. The Morgan fingerprint density at radius 3 is 2.81 bits per heavy atom. The quantitative estimate of drug-likeness (QED) is 0.756. The van der Waals surface area contributed by atoms with Crippen LogP contribution in [0.4, 0.5) is 0 Å². The van der Waals surface area contributed by atoms with Crippen molar-refractivity contribution < 1.29 is 0 Å². The maximum atomic E-state index is 3.47. The Balaban J connectivity index is 2.32. The van der Waals surface area contributed by atoms with Crippen molar-refractivity contribution in [3.8, 4) is 0 Å². The summed E-state index contributed by atoms with van der Waals surface area (Å²) in [5, 5.41) is 4.75. The van der Waals surface area contributed by atoms with E-state index in [9.17, 15) is 0 Å². The van der Waals surface area contributed by atoms with Gasteiger partial charge in [0, 0.05) is 16.6 Å². The first-order chi connectivity index (χ1) is 7.72. The van der Waals surface area contributed by atoms with E-state index in [0.29, 0.717) is 0 Å². The molecule has 2 aromatic rings. The Bertz CT molecular complexity index is 483. The SMILES string of the molecule is CCNCCc1c(C)[nH]c2cc(C)ccc12. The molecule has 0 radical (unpaired) electrons. The molecule has 0 aliphatic rings. The second kappa shape index (κ2) is 4.71. The van der Waals surface area contributed by atoms with Crippen LogP contribution in [-0.4, -0.2) is 18.1 Å². The van der Waals surface area contributed by atoms with Gasteiger partial charge < -0.3 is 10.3 Å². The fraction of sp³-hybridized carbons (Fsp3) is 0.429. The number of likely N-dealkylation sites (N-methyl/N-ethyl adjacent to an activating group) is 1. The second-order valence-corrected chi connectivity index (χ2v) is 4.38. The fourth-order valence-corrected chi connectivity index (χ4v) is 2.22. The Labute approximate surface area is 97.1 Å². The minimum atomic E-state index is 1.04. The normalized spacial score (nSPS) is 11.2. The molecule has 0 aliphatic heterocycles. The van der Waals surface area contributed by atoms with Crippen LogP contribution >= 0.6 is 0 Å². The van der Waals surface area contributed by atoms with E-state index >= 15 is 0 Å². The Morgan fingerprint density at radius 1 is 1.25 bits per heavy atom. The predicted molar refractivity (Wildman–Crippen MR) is 70.0 cm³/mol. The molecule has 1 aromatic carbocycles. The van der Waals surface area contributed by atoms with Crippen molar-refractivity contribution in [1.29, 1.82) is 0 Å². The first-order valence-corrected chi connectivity index (χ1v) is 6.01. The van der Waals surface area contributed by atoms with E-state index < -0.39 is 0 Å². The summed E-state index contributed by atoms with van der Waals surface area (Å²) >= 11 is 0. The molecule has 1 heterocycles. The van der Waals surface area contributed by atoms with Gasteiger partial charge in [-0.15, -0.1) is 0 Å². The lowest BCUT2D eigenvalue weighted by Crippen LogP contribution is -2.16. The first kappa shape index (κ1) is 11.2. The van der Waals surface area contributed by atoms with Gasteiger partial charge in [-0.25, -0.2) is 0 Å². The van der Waals surface area contributed by atoms with Gasteiger partial charge in [0.15, 0.2) is 0 Å². The van der Waals surface area contributed by atoms with E-state index in [1.54, 1.807) is 0 Å². The summed E-state index contributed by atoms with van der Waals surface area (Å²) in [7, 11) is 0. The number of hydrogen-bond donors (Lipinski definition) is 2. The highest BCUT2D eigenvalue weighted by atomic mass is 14.8. The van der Waals surface area contributed by atoms with Crippen LogP contribution in [0, 0.1) is 13.8 Å². The third kappa shape index (κ3) is 2.12. The smallest absolute Gasteiger partial charge is 0.0461 e. The number of benzene rings is 1. The number of aromatic amines is 1. The van der Waals surface area contributed by atoms with Crippen molar-refractivity contribution in [2.45, 2.75) is 27.2 Å². The summed E-state index contributed by atoms with van der Waals surface area (Å²) in [4.78, 5) is 3.47. The van der Waals surface area contributed by atoms with Crippen molar-refractivity contribution in [1.82, 2.24) is 10.3 Å². The van der Waals surface area contributed by atoms with Gasteiger partial charge in [0.05, 0.1) is 0 Å². The molecule has 0 aliphatic carbocycles. The summed E-state index contributed by atoms with van der Waals surface area (Å²) in [5.41, 5.74) is 5.34. The third-order valence-electron chi connectivity index (χ3n) is 3.08. The number of hydrogen-bond acceptors (Lipinski definition) is 1. The Morgan fingerprint density at radius 2 is 2.06 bits per heavy atom. The van der Waals surface area contributed by atoms with Gasteiger partial charge in [-0.3, -0.25) is 0 Å². The predicted octanol–water partition coefficient (Wildman–Crippen LogP) is 2.94. The minimum Gasteiger partial charge on any atom is -0.358 e. The molecular formula is C14H20N2. The average Bonchev–Trinajstić information content (AvgIpc) is 2.55. The molecule has 16 heavy (non-hydrogen) atoms. The van der Waals surface area contributed by atoms with Gasteiger partial charge in [-0.05, 0) is 50.6 Å². The molecule has 2 N–H and O–H groups in total. The molecule has 0 atom stereocenters. The number of aromatic nitrogens is 1. The summed E-state index contributed by atoms with van der Waals surface area (Å²) in [6.45, 7) is 8.54. The zero-order valence-corrected chi connectivity index (χ0v) is 10.4. The van der Waals surface area contributed by atoms with Crippen LogP contribution in [-0.2, 0) is 6.42 Å². The standard InChI is InChI=1S/C14H20N2/c1-4-15-8-7-12-11(3)16-14-9-10(2)5-6-13(12)14/h5-6,9,15-16H,4,7-8H2,1-3H3. The highest BCUT2D eigenvalue weighted by Gasteiger charge is 2.07. The summed E-state index contributed by atoms with van der Waals surface area (Å²) in [5.74, 6) is 0. The van der Waals surface area contributed by atoms with Crippen LogP contribution in [0.5, 0.6) is 0 Å². The Kier molecular flexibility index (Phi) is 3.30. The molecular weight excluding hydrogens is 196 g/mol. The molecule has 0 bridgehead atoms. The van der Waals surface area contributed by atoms with Crippen LogP contribution in [0.3, 0.4) is 0 Å². The van der Waals surface area contributed by atoms with E-state index in [0.717, 1.165) is 19.5 Å². The Hall–Kier alpha value is -1.28. The lowest BCUT2D eigenvalue weighted by atomic mass is 10.1. The maximum Gasteiger partial charge on any atom is 0.0461 e. The van der Waals surface area contributed by atoms with E-state index in [1.165, 1.54) is 27.7 Å². The largest absolute Gasteiger partial charge is 0.358 e. The van der Waals surface area contributed by atoms with Gasteiger partial charge in [-0.1, -0.05) is 19.1 Å². The van der Waals surface area contributed by atoms with Crippen LogP contribution < -0.4 is 5.32 Å². The van der Waals surface area contributed by atoms with Gasteiger partial charge >= 0.3 is 0 Å². The molecule has 0 unspecified atom stereocenters. The van der Waals surface area contributed by atoms with Crippen LogP contribution in [0.1, 0.15) is 23.7 Å². The molecule has 2 nitrogen and oxygen atoms in total. The second-order valence-electron chi connectivity index (χ2n) is 4.38. The summed E-state index contributed by atoms with van der Waals surface area (Å²) in [6.07, 6.45) is 1.10. The van der Waals surface area contributed by atoms with Crippen LogP contribution in [0.25, 0.3) is 10.9 Å². The first-order valence-electron chi connectivity index (χ1n) is 6.01. The van der Waals surface area contributed by atoms with E-state index in [-0.39, 0.29) is 0 Å². The van der Waals surface area contributed by atoms with Crippen molar-refractivity contribution in [3.05, 3.63) is 35.0 Å². The molecule has 0 saturated carbocycles. The highest BCUT2D eigenvalue weighted by Crippen LogP contribution is 2.23. The number of nitrogens with one attached hydrogen (secondary N) is 2. The minimum absolute atomic E-state index is 1.04. The lowest BCUT2D eigenvalue weighted by molar-refractivity contribution is 0.716. The topological polar surface area (TPSA) is 27.8 Å². The van der Waals surface area contributed by atoms with Crippen LogP contribution in [0.15, 0.2) is 18.2 Å². The van der Waals surface area contributed by atoms with E-state index in [4.69, 9.17) is 0 Å². The molecule has 0 spiro atoms. The molecule has 2 heteroatoms. The summed E-state index contributed by atoms with van der Waals surface area (Å²) < 4.78 is 0. The molecule has 2 rings (SSSR count). The van der Waals surface area contributed by atoms with Crippen molar-refractivity contribution in [3.63, 3.8) is 0 Å². The fourth-order valence-electron chi connectivity index (χ4n) is 2.22. The van der Waals surface area contributed by atoms with E-state index in [1.807, 2.05) is 0 Å². The maximum absolute atomic E-state index is 3.47. The number of aryl methyl sites for hydroxylation is 2. The van der Waals surface area contributed by atoms with E-state index in [2.05, 4.69) is 49.3 Å². The van der Waals surface area contributed by atoms with Gasteiger partial charge in [-0.2, -0.15) is 0 Å². The number of H-pyrrole nitrogens is 1. The monoisotopic (exact) mass is 216 g/mol. The molecule has 0 saturated heterocycles. The van der Waals surface area contributed by atoms with Crippen molar-refractivity contribution in [2.75, 3.05) is 13.1 Å². The highest BCUT2D eigenvalue weighted by molar-refractivity contribution is 5.85. The molecule has 1 aromatic heterocycles. The van der Waals surface area contributed by atoms with Gasteiger partial charge in [0.1, 0.15) is 0 Å². The molecule has 0 fully saturated rings. The zero-order valence-electron chi connectivity index (χ0n) is 10.4. The van der Waals surface area contributed by atoms with Gasteiger partial charge in [0.2, 0.25) is 0 Å². The number of rotatable bonds is 4. The van der Waals surface area contributed by atoms with Crippen molar-refractivity contribution >= 4 is 10.9 Å². The van der Waals surface area contributed by atoms with Crippen molar-refractivity contribution in [2.24, 2.45) is 0 Å². The molecule has 0 amide bonds. The van der Waals surface area contributed by atoms with Crippen LogP contribution in [0.2, 0.25) is 0 Å². The summed E-state index contributed by atoms with van der Waals surface area (Å²) in [6, 6.07) is 6.64. The zero-order chi connectivity index (χ0) is 11.5. The average molecular weight is 216 g/mol. The van der Waals surface area contributed by atoms with Gasteiger partial charge in [0.25, 0.3) is 0 Å². The molecule has 86 valence electrons. The lowest BCUT2D eigenvalue weighted by Gasteiger charge is -2.02.